The van der Waals surface area contributed by atoms with E-state index in [9.17, 15) is 4.79 Å². The highest BCUT2D eigenvalue weighted by atomic mass is 16.4. The maximum atomic E-state index is 10.2. The minimum absolute atomic E-state index is 0.112. The fourth-order valence-corrected chi connectivity index (χ4v) is 0.819. The van der Waals surface area contributed by atoms with E-state index in [2.05, 4.69) is 5.32 Å². The lowest BCUT2D eigenvalue weighted by atomic mass is 10.1. The summed E-state index contributed by atoms with van der Waals surface area (Å²) in [5.74, 6) is -1.11. The first-order valence-electron chi connectivity index (χ1n) is 5.90. The smallest absolute Gasteiger partial charge is 0.320 e. The number of carbonyl (C=O) groups is 1. The number of nitrogens with one attached hydrogen (secondary N) is 2. The van der Waals surface area contributed by atoms with Gasteiger partial charge in [0.1, 0.15) is 6.04 Å². The van der Waals surface area contributed by atoms with Crippen LogP contribution in [0.3, 0.4) is 0 Å². The summed E-state index contributed by atoms with van der Waals surface area (Å²) in [6.07, 6.45) is 0.975. The van der Waals surface area contributed by atoms with Gasteiger partial charge in [-0.3, -0.25) is 10.2 Å². The standard InChI is InChI=1S/C6H14N4O2.C4H11NO3/c7-4(5(11)12)2-1-3-10-6(8)9;5-4(1-6,2-7)3-8/h4H,1-3,7H2,(H,11,12)(H4,8,9,10);6-8H,1-3,5H2/t4-;/m0./s1. The maximum absolute atomic E-state index is 10.2. The monoisotopic (exact) mass is 295 g/mol. The zero-order valence-electron chi connectivity index (χ0n) is 11.2. The van der Waals surface area contributed by atoms with Crippen LogP contribution in [0.2, 0.25) is 0 Å². The molecule has 0 spiro atoms. The van der Waals surface area contributed by atoms with Crippen molar-refractivity contribution < 1.29 is 25.2 Å². The number of guanidine groups is 1. The molecule has 0 aromatic carbocycles. The summed E-state index contributed by atoms with van der Waals surface area (Å²) in [6, 6.07) is -0.821. The van der Waals surface area contributed by atoms with Crippen molar-refractivity contribution >= 4 is 11.9 Å². The molecule has 0 bridgehead atoms. The molecule has 0 saturated heterocycles. The molecular weight excluding hydrogens is 270 g/mol. The third-order valence-electron chi connectivity index (χ3n) is 2.27. The molecule has 120 valence electrons. The molecule has 20 heavy (non-hydrogen) atoms. The van der Waals surface area contributed by atoms with E-state index in [1.165, 1.54) is 0 Å². The van der Waals surface area contributed by atoms with Crippen molar-refractivity contribution in [3.05, 3.63) is 0 Å². The van der Waals surface area contributed by atoms with Gasteiger partial charge < -0.3 is 42.9 Å². The number of hydrogen-bond acceptors (Lipinski definition) is 7. The number of carboxylic acid groups (broad SMARTS) is 1. The Kier molecular flexibility index (Phi) is 11.9. The highest BCUT2D eigenvalue weighted by Crippen LogP contribution is 1.93. The van der Waals surface area contributed by atoms with Crippen LogP contribution in [0.25, 0.3) is 0 Å². The van der Waals surface area contributed by atoms with Crippen LogP contribution in [0.1, 0.15) is 12.8 Å². The highest BCUT2D eigenvalue weighted by Gasteiger charge is 2.20. The third-order valence-corrected chi connectivity index (χ3v) is 2.27. The van der Waals surface area contributed by atoms with Gasteiger partial charge in [-0.1, -0.05) is 0 Å². The van der Waals surface area contributed by atoms with Crippen LogP contribution >= 0.6 is 0 Å². The van der Waals surface area contributed by atoms with Crippen LogP contribution in [0.15, 0.2) is 0 Å². The minimum Gasteiger partial charge on any atom is -0.480 e. The lowest BCUT2D eigenvalue weighted by molar-refractivity contribution is -0.138. The van der Waals surface area contributed by atoms with Crippen molar-refractivity contribution in [2.75, 3.05) is 26.4 Å². The molecule has 0 aliphatic rings. The van der Waals surface area contributed by atoms with E-state index in [1.54, 1.807) is 0 Å². The van der Waals surface area contributed by atoms with Crippen molar-refractivity contribution in [2.45, 2.75) is 24.4 Å². The van der Waals surface area contributed by atoms with E-state index < -0.39 is 37.4 Å². The molecule has 0 heterocycles. The first-order chi connectivity index (χ1) is 9.22. The topological polar surface area (TPSA) is 212 Å². The van der Waals surface area contributed by atoms with Crippen molar-refractivity contribution in [2.24, 2.45) is 17.2 Å². The molecule has 0 radical (unpaired) electrons. The van der Waals surface area contributed by atoms with E-state index in [1.807, 2.05) is 0 Å². The number of aliphatic carboxylic acids is 1. The summed E-state index contributed by atoms with van der Waals surface area (Å²) >= 11 is 0. The van der Waals surface area contributed by atoms with Gasteiger partial charge in [0.05, 0.1) is 25.4 Å². The molecule has 0 aromatic heterocycles. The average Bonchev–Trinajstić information content (AvgIpc) is 2.42. The minimum atomic E-state index is -1.21. The molecule has 0 saturated carbocycles. The normalized spacial score (nSPS) is 12.1. The third kappa shape index (κ3) is 11.6. The second-order valence-electron chi connectivity index (χ2n) is 4.26. The zero-order chi connectivity index (χ0) is 16.2. The van der Waals surface area contributed by atoms with Gasteiger partial charge in [0.15, 0.2) is 5.96 Å². The molecule has 10 heteroatoms. The largest absolute Gasteiger partial charge is 0.480 e. The summed E-state index contributed by atoms with van der Waals surface area (Å²) in [4.78, 5) is 10.2. The zero-order valence-corrected chi connectivity index (χ0v) is 11.2. The second-order valence-corrected chi connectivity index (χ2v) is 4.26. The molecular formula is C10H25N5O5. The molecule has 0 unspecified atom stereocenters. The van der Waals surface area contributed by atoms with E-state index in [0.29, 0.717) is 19.4 Å². The SMILES string of the molecule is N=C(N)NCCC[C@H](N)C(=O)O.NC(CO)(CO)CO. The van der Waals surface area contributed by atoms with E-state index in [0.717, 1.165) is 0 Å². The molecule has 0 aromatic rings. The first kappa shape index (κ1) is 20.8. The first-order valence-corrected chi connectivity index (χ1v) is 5.90. The fourth-order valence-electron chi connectivity index (χ4n) is 0.819. The number of hydrogen-bond donors (Lipinski definition) is 9. The van der Waals surface area contributed by atoms with Gasteiger partial charge >= 0.3 is 5.97 Å². The van der Waals surface area contributed by atoms with Gasteiger partial charge in [0.2, 0.25) is 0 Å². The molecule has 0 rings (SSSR count). The summed E-state index contributed by atoms with van der Waals surface area (Å²) in [5, 5.41) is 42.7. The summed E-state index contributed by atoms with van der Waals surface area (Å²) in [7, 11) is 0. The fraction of sp³-hybridized carbons (Fsp3) is 0.800. The van der Waals surface area contributed by atoms with E-state index >= 15 is 0 Å². The van der Waals surface area contributed by atoms with Crippen LogP contribution in [0, 0.1) is 5.41 Å². The number of aliphatic hydroxyl groups excluding tert-OH is 3. The molecule has 1 atom stereocenters. The van der Waals surface area contributed by atoms with Crippen LogP contribution in [0.4, 0.5) is 0 Å². The Hall–Kier alpha value is -1.46. The molecule has 0 aliphatic carbocycles. The van der Waals surface area contributed by atoms with Crippen molar-refractivity contribution in [3.63, 3.8) is 0 Å². The highest BCUT2D eigenvalue weighted by molar-refractivity contribution is 5.74. The van der Waals surface area contributed by atoms with E-state index in [-0.39, 0.29) is 5.96 Å². The van der Waals surface area contributed by atoms with Crippen LogP contribution in [-0.2, 0) is 4.79 Å². The Bertz CT molecular complexity index is 277. The summed E-state index contributed by atoms with van der Waals surface area (Å²) in [6.45, 7) is -0.726. The second kappa shape index (κ2) is 11.4. The van der Waals surface area contributed by atoms with Crippen molar-refractivity contribution in [1.82, 2.24) is 5.32 Å². The lowest BCUT2D eigenvalue weighted by Gasteiger charge is -2.20. The van der Waals surface area contributed by atoms with E-state index in [4.69, 9.17) is 43.0 Å². The summed E-state index contributed by atoms with van der Waals surface area (Å²) < 4.78 is 0. The van der Waals surface area contributed by atoms with Crippen molar-refractivity contribution in [1.29, 1.82) is 5.41 Å². The van der Waals surface area contributed by atoms with Gasteiger partial charge in [-0.25, -0.2) is 0 Å². The predicted molar refractivity (Wildman–Crippen MR) is 72.9 cm³/mol. The lowest BCUT2D eigenvalue weighted by Crippen LogP contribution is -2.50. The molecule has 0 amide bonds. The predicted octanol–water partition coefficient (Wildman–Crippen LogP) is -3.68. The van der Waals surface area contributed by atoms with Gasteiger partial charge in [0, 0.05) is 6.54 Å². The molecule has 0 fully saturated rings. The van der Waals surface area contributed by atoms with Gasteiger partial charge in [-0.15, -0.1) is 0 Å². The van der Waals surface area contributed by atoms with Gasteiger partial charge in [-0.2, -0.15) is 0 Å². The van der Waals surface area contributed by atoms with Gasteiger partial charge in [-0.05, 0) is 12.8 Å². The molecule has 10 nitrogen and oxygen atoms in total. The Balaban J connectivity index is 0. The maximum Gasteiger partial charge on any atom is 0.320 e. The Morgan fingerprint density at radius 2 is 1.70 bits per heavy atom. The average molecular weight is 295 g/mol. The number of nitrogens with two attached hydrogens (primary N) is 3. The Morgan fingerprint density at radius 1 is 1.25 bits per heavy atom. The van der Waals surface area contributed by atoms with Gasteiger partial charge in [0.25, 0.3) is 0 Å². The quantitative estimate of drug-likeness (QED) is 0.122. The van der Waals surface area contributed by atoms with Crippen molar-refractivity contribution in [3.8, 4) is 0 Å². The molecule has 0 aliphatic heterocycles. The van der Waals surface area contributed by atoms with Crippen LogP contribution < -0.4 is 22.5 Å². The summed E-state index contributed by atoms with van der Waals surface area (Å²) in [5.41, 5.74) is 14.2. The Morgan fingerprint density at radius 3 is 1.95 bits per heavy atom. The van der Waals surface area contributed by atoms with Crippen LogP contribution in [-0.4, -0.2) is 70.3 Å². The number of aliphatic hydroxyl groups is 3. The number of carboxylic acids is 1. The number of rotatable bonds is 8. The molecule has 12 N–H and O–H groups in total. The Labute approximate surface area is 117 Å². The van der Waals surface area contributed by atoms with Crippen LogP contribution in [0.5, 0.6) is 0 Å².